The number of fused-ring (bicyclic) bond motifs is 1. The van der Waals surface area contributed by atoms with Gasteiger partial charge in [-0.2, -0.15) is 0 Å². The van der Waals surface area contributed by atoms with Crippen LogP contribution in [0.2, 0.25) is 0 Å². The van der Waals surface area contributed by atoms with E-state index < -0.39 is 0 Å². The lowest BCUT2D eigenvalue weighted by Crippen LogP contribution is -2.41. The fraction of sp³-hybridized carbons (Fsp3) is 0.500. The van der Waals surface area contributed by atoms with Crippen molar-refractivity contribution in [1.82, 2.24) is 4.90 Å². The van der Waals surface area contributed by atoms with Gasteiger partial charge in [0.05, 0.1) is 6.54 Å². The van der Waals surface area contributed by atoms with Crippen molar-refractivity contribution in [2.24, 2.45) is 5.92 Å². The van der Waals surface area contributed by atoms with Crippen molar-refractivity contribution in [3.8, 4) is 0 Å². The number of amides is 1. The average Bonchev–Trinajstić information content (AvgIpc) is 3.37. The summed E-state index contributed by atoms with van der Waals surface area (Å²) in [5.41, 5.74) is 4.99. The van der Waals surface area contributed by atoms with Gasteiger partial charge in [0.1, 0.15) is 0 Å². The van der Waals surface area contributed by atoms with E-state index in [0.717, 1.165) is 37.4 Å². The second-order valence-corrected chi connectivity index (χ2v) is 8.51. The first kappa shape index (κ1) is 17.7. The summed E-state index contributed by atoms with van der Waals surface area (Å²) >= 11 is 1.88. The van der Waals surface area contributed by atoms with Crippen molar-refractivity contribution >= 4 is 22.9 Å². The molecule has 0 spiro atoms. The SMILES string of the molecule is CCc1cccc(CC)c1NC(=O)CN1CCc2sccc2[C@H]1C1CC1. The molecule has 0 unspecified atom stereocenters. The van der Waals surface area contributed by atoms with E-state index in [4.69, 9.17) is 0 Å². The monoisotopic (exact) mass is 368 g/mol. The van der Waals surface area contributed by atoms with Crippen LogP contribution < -0.4 is 5.32 Å². The topological polar surface area (TPSA) is 32.3 Å². The maximum Gasteiger partial charge on any atom is 0.238 e. The molecular weight excluding hydrogens is 340 g/mol. The Bertz CT molecular complexity index is 771. The van der Waals surface area contributed by atoms with Crippen molar-refractivity contribution in [3.63, 3.8) is 0 Å². The fourth-order valence-corrected chi connectivity index (χ4v) is 5.22. The Morgan fingerprint density at radius 2 is 1.92 bits per heavy atom. The molecule has 1 amide bonds. The number of anilines is 1. The van der Waals surface area contributed by atoms with Crippen LogP contribution in [0.5, 0.6) is 0 Å². The van der Waals surface area contributed by atoms with E-state index in [1.54, 1.807) is 0 Å². The molecule has 1 aliphatic carbocycles. The molecule has 2 heterocycles. The smallest absolute Gasteiger partial charge is 0.238 e. The number of para-hydroxylation sites is 1. The fourth-order valence-electron chi connectivity index (χ4n) is 4.31. The van der Waals surface area contributed by atoms with Gasteiger partial charge >= 0.3 is 0 Å². The standard InChI is InChI=1S/C22H28N2OS/c1-3-15-6-5-7-16(4-2)21(15)23-20(25)14-24-12-10-19-18(11-13-26-19)22(24)17-8-9-17/h5-7,11,13,17,22H,3-4,8-10,12,14H2,1-2H3,(H,23,25)/t22-/m1/s1. The largest absolute Gasteiger partial charge is 0.324 e. The van der Waals surface area contributed by atoms with Crippen molar-refractivity contribution in [2.45, 2.75) is 52.0 Å². The van der Waals surface area contributed by atoms with E-state index >= 15 is 0 Å². The first-order chi connectivity index (χ1) is 12.7. The summed E-state index contributed by atoms with van der Waals surface area (Å²) in [5.74, 6) is 0.871. The Kier molecular flexibility index (Phi) is 5.14. The first-order valence-electron chi connectivity index (χ1n) is 9.92. The molecule has 138 valence electrons. The van der Waals surface area contributed by atoms with E-state index in [1.165, 1.54) is 34.4 Å². The van der Waals surface area contributed by atoms with Crippen LogP contribution in [-0.2, 0) is 24.1 Å². The van der Waals surface area contributed by atoms with Gasteiger partial charge in [-0.25, -0.2) is 0 Å². The maximum atomic E-state index is 12.9. The van der Waals surface area contributed by atoms with Crippen molar-refractivity contribution in [2.75, 3.05) is 18.4 Å². The Hall–Kier alpha value is -1.65. The lowest BCUT2D eigenvalue weighted by atomic mass is 9.96. The third-order valence-corrected chi connectivity index (χ3v) is 6.79. The highest BCUT2D eigenvalue weighted by Crippen LogP contribution is 2.48. The van der Waals surface area contributed by atoms with E-state index in [0.29, 0.717) is 12.6 Å². The van der Waals surface area contributed by atoms with Crippen LogP contribution in [0.1, 0.15) is 54.3 Å². The van der Waals surface area contributed by atoms with Crippen LogP contribution in [0.4, 0.5) is 5.69 Å². The summed E-state index contributed by atoms with van der Waals surface area (Å²) in [4.78, 5) is 16.9. The molecule has 0 bridgehead atoms. The van der Waals surface area contributed by atoms with E-state index in [9.17, 15) is 4.79 Å². The molecule has 1 aliphatic heterocycles. The van der Waals surface area contributed by atoms with Crippen molar-refractivity contribution < 1.29 is 4.79 Å². The quantitative estimate of drug-likeness (QED) is 0.793. The molecule has 0 saturated heterocycles. The van der Waals surface area contributed by atoms with Gasteiger partial charge in [0.2, 0.25) is 5.91 Å². The van der Waals surface area contributed by atoms with Crippen molar-refractivity contribution in [3.05, 3.63) is 51.2 Å². The average molecular weight is 369 g/mol. The van der Waals surface area contributed by atoms with E-state index in [-0.39, 0.29) is 5.91 Å². The number of thiophene rings is 1. The maximum absolute atomic E-state index is 12.9. The normalized spacial score (nSPS) is 20.0. The number of aryl methyl sites for hydroxylation is 2. The van der Waals surface area contributed by atoms with Crippen LogP contribution >= 0.6 is 11.3 Å². The second-order valence-electron chi connectivity index (χ2n) is 7.51. The van der Waals surface area contributed by atoms with Crippen LogP contribution in [0.3, 0.4) is 0 Å². The summed E-state index contributed by atoms with van der Waals surface area (Å²) in [6, 6.07) is 9.08. The molecule has 1 N–H and O–H groups in total. The highest BCUT2D eigenvalue weighted by Gasteiger charge is 2.40. The van der Waals surface area contributed by atoms with Gasteiger partial charge in [0.25, 0.3) is 0 Å². The number of benzene rings is 1. The lowest BCUT2D eigenvalue weighted by molar-refractivity contribution is -0.118. The molecule has 26 heavy (non-hydrogen) atoms. The Labute approximate surface area is 160 Å². The minimum Gasteiger partial charge on any atom is -0.324 e. The molecular formula is C22H28N2OS. The highest BCUT2D eigenvalue weighted by atomic mass is 32.1. The molecule has 3 nitrogen and oxygen atoms in total. The van der Waals surface area contributed by atoms with Gasteiger partial charge < -0.3 is 5.32 Å². The number of carbonyl (C=O) groups is 1. The second kappa shape index (κ2) is 7.53. The number of nitrogens with one attached hydrogen (secondary N) is 1. The van der Waals surface area contributed by atoms with Crippen LogP contribution in [0, 0.1) is 5.92 Å². The summed E-state index contributed by atoms with van der Waals surface area (Å²) < 4.78 is 0. The molecule has 4 rings (SSSR count). The number of carbonyl (C=O) groups excluding carboxylic acids is 1. The Morgan fingerprint density at radius 1 is 1.19 bits per heavy atom. The van der Waals surface area contributed by atoms with Gasteiger partial charge in [-0.1, -0.05) is 32.0 Å². The van der Waals surface area contributed by atoms with Gasteiger partial charge in [-0.05, 0) is 66.2 Å². The highest BCUT2D eigenvalue weighted by molar-refractivity contribution is 7.10. The minimum atomic E-state index is 0.130. The zero-order chi connectivity index (χ0) is 18.1. The van der Waals surface area contributed by atoms with Crippen LogP contribution in [0.25, 0.3) is 0 Å². The number of nitrogens with zero attached hydrogens (tertiary/aromatic N) is 1. The third-order valence-electron chi connectivity index (χ3n) is 5.80. The van der Waals surface area contributed by atoms with E-state index in [1.807, 2.05) is 11.3 Å². The molecule has 1 aromatic heterocycles. The number of hydrogen-bond acceptors (Lipinski definition) is 3. The van der Waals surface area contributed by atoms with Crippen molar-refractivity contribution in [1.29, 1.82) is 0 Å². The van der Waals surface area contributed by atoms with E-state index in [2.05, 4.69) is 53.7 Å². The van der Waals surface area contributed by atoms with Gasteiger partial charge in [0.15, 0.2) is 0 Å². The zero-order valence-electron chi connectivity index (χ0n) is 15.8. The summed E-state index contributed by atoms with van der Waals surface area (Å²) in [6.07, 6.45) is 5.56. The minimum absolute atomic E-state index is 0.130. The lowest BCUT2D eigenvalue weighted by Gasteiger charge is -2.35. The summed E-state index contributed by atoms with van der Waals surface area (Å²) in [5, 5.41) is 5.46. The molecule has 2 aromatic rings. The van der Waals surface area contributed by atoms with Gasteiger partial charge in [0, 0.05) is 23.2 Å². The first-order valence-corrected chi connectivity index (χ1v) is 10.8. The van der Waals surface area contributed by atoms with Crippen LogP contribution in [-0.4, -0.2) is 23.9 Å². The zero-order valence-corrected chi connectivity index (χ0v) is 16.6. The summed E-state index contributed by atoms with van der Waals surface area (Å²) in [7, 11) is 0. The van der Waals surface area contributed by atoms with Crippen LogP contribution in [0.15, 0.2) is 29.6 Å². The van der Waals surface area contributed by atoms with Gasteiger partial charge in [-0.15, -0.1) is 11.3 Å². The molecule has 1 saturated carbocycles. The molecule has 1 aromatic carbocycles. The Morgan fingerprint density at radius 3 is 2.58 bits per heavy atom. The molecule has 1 atom stereocenters. The molecule has 1 fully saturated rings. The molecule has 4 heteroatoms. The third kappa shape index (κ3) is 3.45. The molecule has 2 aliphatic rings. The number of hydrogen-bond donors (Lipinski definition) is 1. The number of rotatable bonds is 6. The predicted octanol–water partition coefficient (Wildman–Crippen LogP) is 4.82. The molecule has 0 radical (unpaired) electrons. The Balaban J connectivity index is 1.50. The summed E-state index contributed by atoms with van der Waals surface area (Å²) in [6.45, 7) is 5.79. The van der Waals surface area contributed by atoms with Gasteiger partial charge in [-0.3, -0.25) is 9.69 Å². The predicted molar refractivity (Wildman–Crippen MR) is 109 cm³/mol.